The maximum Gasteiger partial charge on any atom is 0.157 e. The predicted octanol–water partition coefficient (Wildman–Crippen LogP) is 5.60. The molecule has 0 N–H and O–H groups in total. The van der Waals surface area contributed by atoms with Gasteiger partial charge in [-0.05, 0) is 43.0 Å². The minimum absolute atomic E-state index is 0.0246. The van der Waals surface area contributed by atoms with E-state index in [0.717, 1.165) is 31.4 Å². The van der Waals surface area contributed by atoms with E-state index in [9.17, 15) is 0 Å². The summed E-state index contributed by atoms with van der Waals surface area (Å²) >= 11 is 25.3. The molecule has 0 bridgehead atoms. The third-order valence-corrected chi connectivity index (χ3v) is 6.54. The number of alkyl halides is 2. The highest BCUT2D eigenvalue weighted by Gasteiger charge is 2.73. The molecule has 1 heterocycles. The van der Waals surface area contributed by atoms with Crippen molar-refractivity contribution in [1.82, 2.24) is 0 Å². The van der Waals surface area contributed by atoms with Gasteiger partial charge in [0.1, 0.15) is 4.33 Å². The van der Waals surface area contributed by atoms with E-state index in [0.29, 0.717) is 16.7 Å². The minimum Gasteiger partial charge on any atom is -0.353 e. The van der Waals surface area contributed by atoms with Crippen molar-refractivity contribution < 1.29 is 9.47 Å². The van der Waals surface area contributed by atoms with Crippen LogP contribution >= 0.6 is 46.4 Å². The summed E-state index contributed by atoms with van der Waals surface area (Å²) in [6.45, 7) is 3.23. The molecule has 0 radical (unpaired) electrons. The van der Waals surface area contributed by atoms with E-state index < -0.39 is 9.75 Å². The fourth-order valence-electron chi connectivity index (χ4n) is 3.18. The molecule has 6 heteroatoms. The monoisotopic (exact) mass is 382 g/mol. The van der Waals surface area contributed by atoms with Gasteiger partial charge in [0.15, 0.2) is 6.29 Å². The van der Waals surface area contributed by atoms with Crippen molar-refractivity contribution in [3.63, 3.8) is 0 Å². The molecule has 1 unspecified atom stereocenters. The van der Waals surface area contributed by atoms with E-state index in [1.807, 2.05) is 19.1 Å². The van der Waals surface area contributed by atoms with Gasteiger partial charge in [0.25, 0.3) is 0 Å². The molecule has 22 heavy (non-hydrogen) atoms. The maximum atomic E-state index is 6.53. The smallest absolute Gasteiger partial charge is 0.157 e. The van der Waals surface area contributed by atoms with Crippen LogP contribution in [0.2, 0.25) is 10.0 Å². The van der Waals surface area contributed by atoms with Crippen molar-refractivity contribution in [2.75, 3.05) is 13.2 Å². The third-order valence-electron chi connectivity index (χ3n) is 4.79. The number of rotatable bonds is 4. The van der Waals surface area contributed by atoms with Crippen LogP contribution in [0.4, 0.5) is 0 Å². The quantitative estimate of drug-likeness (QED) is 0.630. The lowest BCUT2D eigenvalue weighted by Crippen LogP contribution is -2.24. The fraction of sp³-hybridized carbons (Fsp3) is 0.625. The topological polar surface area (TPSA) is 18.5 Å². The fourth-order valence-corrected chi connectivity index (χ4v) is 4.64. The second kappa shape index (κ2) is 6.31. The van der Waals surface area contributed by atoms with E-state index in [1.165, 1.54) is 0 Å². The van der Waals surface area contributed by atoms with Gasteiger partial charge in [-0.1, -0.05) is 30.1 Å². The molecule has 122 valence electrons. The van der Waals surface area contributed by atoms with Gasteiger partial charge in [-0.15, -0.1) is 23.2 Å². The molecule has 2 nitrogen and oxygen atoms in total. The number of ether oxygens (including phenoxy) is 2. The normalized spacial score (nSPS) is 33.7. The van der Waals surface area contributed by atoms with Crippen LogP contribution in [0.15, 0.2) is 18.2 Å². The summed E-state index contributed by atoms with van der Waals surface area (Å²) in [5.41, 5.74) is 0.507. The Labute approximate surface area is 151 Å². The zero-order chi connectivity index (χ0) is 16.0. The summed E-state index contributed by atoms with van der Waals surface area (Å²) in [6, 6.07) is 5.43. The van der Waals surface area contributed by atoms with Crippen LogP contribution in [0.3, 0.4) is 0 Å². The molecule has 1 aromatic rings. The minimum atomic E-state index is -0.893. The first-order valence-corrected chi connectivity index (χ1v) is 8.94. The van der Waals surface area contributed by atoms with E-state index in [1.54, 1.807) is 6.07 Å². The summed E-state index contributed by atoms with van der Waals surface area (Å²) < 4.78 is 10.6. The van der Waals surface area contributed by atoms with Crippen LogP contribution in [-0.4, -0.2) is 23.8 Å². The van der Waals surface area contributed by atoms with E-state index >= 15 is 0 Å². The van der Waals surface area contributed by atoms with Gasteiger partial charge in [-0.3, -0.25) is 0 Å². The molecule has 3 atom stereocenters. The van der Waals surface area contributed by atoms with Gasteiger partial charge in [0, 0.05) is 28.0 Å². The number of hydrogen-bond donors (Lipinski definition) is 0. The molecule has 2 aliphatic rings. The second-order valence-corrected chi connectivity index (χ2v) is 8.42. The molecule has 1 aliphatic heterocycles. The van der Waals surface area contributed by atoms with Crippen molar-refractivity contribution in [2.45, 2.75) is 42.2 Å². The highest BCUT2D eigenvalue weighted by atomic mass is 35.5. The Morgan fingerprint density at radius 1 is 1.18 bits per heavy atom. The molecular weight excluding hydrogens is 366 g/mol. The van der Waals surface area contributed by atoms with Crippen LogP contribution in [0.5, 0.6) is 0 Å². The number of benzene rings is 1. The molecule has 1 aliphatic carbocycles. The Kier molecular flexibility index (Phi) is 4.91. The van der Waals surface area contributed by atoms with Gasteiger partial charge in [0.2, 0.25) is 0 Å². The number of hydrogen-bond acceptors (Lipinski definition) is 2. The Bertz CT molecular complexity index is 537. The van der Waals surface area contributed by atoms with Gasteiger partial charge in [0.05, 0.1) is 6.61 Å². The third kappa shape index (κ3) is 2.99. The number of halogens is 4. The summed E-state index contributed by atoms with van der Waals surface area (Å²) in [5.74, 6) is -0.0246. The van der Waals surface area contributed by atoms with E-state index in [4.69, 9.17) is 55.9 Å². The van der Waals surface area contributed by atoms with Gasteiger partial charge in [-0.25, -0.2) is 0 Å². The van der Waals surface area contributed by atoms with Crippen molar-refractivity contribution >= 4 is 46.4 Å². The van der Waals surface area contributed by atoms with Crippen LogP contribution in [0, 0.1) is 5.92 Å². The Balaban J connectivity index is 1.72. The molecule has 1 saturated carbocycles. The molecule has 0 amide bonds. The molecule has 3 rings (SSSR count). The van der Waals surface area contributed by atoms with Crippen LogP contribution < -0.4 is 0 Å². The van der Waals surface area contributed by atoms with Crippen molar-refractivity contribution in [1.29, 1.82) is 0 Å². The standard InChI is InChI=1S/C16H18Cl4O2/c1-15(10-6-11(17)8-12(18)7-10)13(16(15,19)20)9-22-14-4-2-3-5-21-14/h6-8,13-14H,2-5,9H2,1H3/t13-,14?,15-/m1/s1. The lowest BCUT2D eigenvalue weighted by atomic mass is 9.95. The summed E-state index contributed by atoms with van der Waals surface area (Å²) in [6.07, 6.45) is 3.00. The van der Waals surface area contributed by atoms with Crippen molar-refractivity contribution in [3.05, 3.63) is 33.8 Å². The van der Waals surface area contributed by atoms with Crippen molar-refractivity contribution in [2.24, 2.45) is 5.92 Å². The van der Waals surface area contributed by atoms with Crippen molar-refractivity contribution in [3.8, 4) is 0 Å². The molecule has 2 fully saturated rings. The van der Waals surface area contributed by atoms with Gasteiger partial charge in [-0.2, -0.15) is 0 Å². The Morgan fingerprint density at radius 3 is 2.45 bits per heavy atom. The summed E-state index contributed by atoms with van der Waals surface area (Å²) in [5, 5.41) is 1.16. The van der Waals surface area contributed by atoms with Crippen LogP contribution in [0.1, 0.15) is 31.7 Å². The van der Waals surface area contributed by atoms with Crippen LogP contribution in [-0.2, 0) is 14.9 Å². The first kappa shape index (κ1) is 17.1. The highest BCUT2D eigenvalue weighted by molar-refractivity contribution is 6.52. The first-order chi connectivity index (χ1) is 10.4. The molecule has 1 saturated heterocycles. The average molecular weight is 384 g/mol. The molecule has 0 spiro atoms. The second-order valence-electron chi connectivity index (χ2n) is 6.17. The SMILES string of the molecule is C[C@@]1(c2cc(Cl)cc(Cl)c2)[C@@H](COC2CCCCO2)C1(Cl)Cl. The largest absolute Gasteiger partial charge is 0.353 e. The summed E-state index contributed by atoms with van der Waals surface area (Å²) in [7, 11) is 0. The highest BCUT2D eigenvalue weighted by Crippen LogP contribution is 2.69. The average Bonchev–Trinajstić information content (AvgIpc) is 2.91. The van der Waals surface area contributed by atoms with Gasteiger partial charge >= 0.3 is 0 Å². The molecular formula is C16H18Cl4O2. The first-order valence-electron chi connectivity index (χ1n) is 7.43. The lowest BCUT2D eigenvalue weighted by Gasteiger charge is -2.23. The lowest BCUT2D eigenvalue weighted by molar-refractivity contribution is -0.165. The molecule has 0 aromatic heterocycles. The predicted molar refractivity (Wildman–Crippen MR) is 91.3 cm³/mol. The molecule has 1 aromatic carbocycles. The zero-order valence-corrected chi connectivity index (χ0v) is 15.3. The van der Waals surface area contributed by atoms with Gasteiger partial charge < -0.3 is 9.47 Å². The Morgan fingerprint density at radius 2 is 1.86 bits per heavy atom. The maximum absolute atomic E-state index is 6.53. The summed E-state index contributed by atoms with van der Waals surface area (Å²) in [4.78, 5) is 0. The zero-order valence-electron chi connectivity index (χ0n) is 12.3. The van der Waals surface area contributed by atoms with E-state index in [-0.39, 0.29) is 12.2 Å². The Hall–Kier alpha value is 0.300. The van der Waals surface area contributed by atoms with E-state index in [2.05, 4.69) is 0 Å². The van der Waals surface area contributed by atoms with Crippen LogP contribution in [0.25, 0.3) is 0 Å².